The van der Waals surface area contributed by atoms with Gasteiger partial charge in [0.1, 0.15) is 11.5 Å². The van der Waals surface area contributed by atoms with Crippen molar-refractivity contribution in [1.82, 2.24) is 0 Å². The Labute approximate surface area is 158 Å². The highest BCUT2D eigenvalue weighted by Gasteiger charge is 2.36. The number of benzene rings is 3. The molecule has 3 aromatic carbocycles. The van der Waals surface area contributed by atoms with Crippen molar-refractivity contribution in [3.63, 3.8) is 0 Å². The van der Waals surface area contributed by atoms with E-state index in [-0.39, 0.29) is 17.1 Å². The van der Waals surface area contributed by atoms with Gasteiger partial charge < -0.3 is 5.11 Å². The largest absolute Gasteiger partial charge is 0.508 e. The van der Waals surface area contributed by atoms with Crippen LogP contribution < -0.4 is 4.90 Å². The number of carbonyl (C=O) groups excluding carboxylic acids is 1. The number of halogens is 3. The third kappa shape index (κ3) is 3.11. The molecular formula is C21H13F3N2O2. The number of hydrogen-bond acceptors (Lipinski definition) is 3. The number of aromatic hydroxyl groups is 1. The van der Waals surface area contributed by atoms with Gasteiger partial charge in [0.05, 0.1) is 16.9 Å². The van der Waals surface area contributed by atoms with E-state index in [1.165, 1.54) is 29.2 Å². The molecule has 0 atom stereocenters. The topological polar surface area (TPSA) is 52.9 Å². The van der Waals surface area contributed by atoms with E-state index in [2.05, 4.69) is 4.99 Å². The number of fused-ring (bicyclic) bond motifs is 1. The van der Waals surface area contributed by atoms with Gasteiger partial charge in [0.25, 0.3) is 5.91 Å². The highest BCUT2D eigenvalue weighted by molar-refractivity contribution is 6.56. The summed E-state index contributed by atoms with van der Waals surface area (Å²) in [5, 5.41) is 9.84. The van der Waals surface area contributed by atoms with E-state index in [1.807, 2.05) is 0 Å². The van der Waals surface area contributed by atoms with E-state index in [0.717, 1.165) is 12.1 Å². The Balaban J connectivity index is 1.86. The fourth-order valence-corrected chi connectivity index (χ4v) is 3.06. The summed E-state index contributed by atoms with van der Waals surface area (Å²) >= 11 is 0. The number of phenolic OH excluding ortho intramolecular Hbond substituents is 1. The first-order valence-corrected chi connectivity index (χ1v) is 8.33. The number of aliphatic imine (C=N–C) groups is 1. The zero-order valence-electron chi connectivity index (χ0n) is 14.3. The summed E-state index contributed by atoms with van der Waals surface area (Å²) in [7, 11) is 0. The van der Waals surface area contributed by atoms with Crippen molar-refractivity contribution in [3.05, 3.63) is 83.9 Å². The van der Waals surface area contributed by atoms with Gasteiger partial charge in [-0.2, -0.15) is 13.2 Å². The van der Waals surface area contributed by atoms with Crippen molar-refractivity contribution >= 4 is 28.7 Å². The predicted molar refractivity (Wildman–Crippen MR) is 99.3 cm³/mol. The van der Waals surface area contributed by atoms with Gasteiger partial charge in [-0.05, 0) is 48.5 Å². The van der Waals surface area contributed by atoms with E-state index < -0.39 is 17.6 Å². The molecule has 140 valence electrons. The maximum absolute atomic E-state index is 13.1. The van der Waals surface area contributed by atoms with Crippen LogP contribution in [-0.4, -0.2) is 16.7 Å². The average Bonchev–Trinajstić information content (AvgIpc) is 2.93. The number of amides is 1. The number of hydrogen-bond donors (Lipinski definition) is 1. The number of alkyl halides is 3. The van der Waals surface area contributed by atoms with Gasteiger partial charge >= 0.3 is 6.18 Å². The van der Waals surface area contributed by atoms with E-state index in [0.29, 0.717) is 16.9 Å². The smallest absolute Gasteiger partial charge is 0.416 e. The minimum absolute atomic E-state index is 0.00220. The molecule has 1 N–H and O–H groups in total. The van der Waals surface area contributed by atoms with Crippen LogP contribution in [0.15, 0.2) is 77.8 Å². The third-order valence-corrected chi connectivity index (χ3v) is 4.31. The summed E-state index contributed by atoms with van der Waals surface area (Å²) in [4.78, 5) is 18.7. The van der Waals surface area contributed by atoms with Crippen LogP contribution in [0.1, 0.15) is 11.1 Å². The lowest BCUT2D eigenvalue weighted by Crippen LogP contribution is -2.25. The number of anilines is 2. The fourth-order valence-electron chi connectivity index (χ4n) is 3.06. The SMILES string of the molecule is O=C1C(=Nc2cccc(C(F)(F)F)c2)c2cc(O)ccc2N1c1ccccc1. The molecule has 4 nitrogen and oxygen atoms in total. The highest BCUT2D eigenvalue weighted by Crippen LogP contribution is 2.39. The van der Waals surface area contributed by atoms with Crippen LogP contribution in [0.2, 0.25) is 0 Å². The Hall–Kier alpha value is -3.61. The molecule has 0 saturated carbocycles. The molecule has 1 amide bonds. The standard InChI is InChI=1S/C21H13F3N2O2/c22-21(23,24)13-5-4-6-14(11-13)25-19-17-12-16(27)9-10-18(17)26(20(19)28)15-7-2-1-3-8-15/h1-12,27H. The van der Waals surface area contributed by atoms with Crippen LogP contribution in [0.4, 0.5) is 30.2 Å². The molecule has 28 heavy (non-hydrogen) atoms. The molecule has 0 unspecified atom stereocenters. The van der Waals surface area contributed by atoms with Gasteiger partial charge in [0, 0.05) is 11.3 Å². The van der Waals surface area contributed by atoms with Crippen molar-refractivity contribution in [2.75, 3.05) is 4.90 Å². The Morgan fingerprint density at radius 3 is 2.36 bits per heavy atom. The van der Waals surface area contributed by atoms with Gasteiger partial charge in [0.15, 0.2) is 0 Å². The first kappa shape index (κ1) is 17.8. The second-order valence-electron chi connectivity index (χ2n) is 6.19. The number of para-hydroxylation sites is 1. The zero-order valence-corrected chi connectivity index (χ0v) is 14.3. The van der Waals surface area contributed by atoms with E-state index in [4.69, 9.17) is 0 Å². The van der Waals surface area contributed by atoms with Crippen molar-refractivity contribution in [2.24, 2.45) is 4.99 Å². The predicted octanol–water partition coefficient (Wildman–Crippen LogP) is 5.21. The third-order valence-electron chi connectivity index (χ3n) is 4.31. The fraction of sp³-hybridized carbons (Fsp3) is 0.0476. The molecule has 0 spiro atoms. The summed E-state index contributed by atoms with van der Waals surface area (Å²) in [6.07, 6.45) is -4.51. The molecule has 4 rings (SSSR count). The van der Waals surface area contributed by atoms with Gasteiger partial charge in [-0.25, -0.2) is 4.99 Å². The summed E-state index contributed by atoms with van der Waals surface area (Å²) in [5.74, 6) is -0.553. The molecule has 0 fully saturated rings. The highest BCUT2D eigenvalue weighted by atomic mass is 19.4. The van der Waals surface area contributed by atoms with Crippen LogP contribution in [0, 0.1) is 0 Å². The summed E-state index contributed by atoms with van der Waals surface area (Å²) in [6, 6.07) is 17.7. The number of phenols is 1. The lowest BCUT2D eigenvalue weighted by Gasteiger charge is -2.16. The van der Waals surface area contributed by atoms with Crippen LogP contribution in [0.3, 0.4) is 0 Å². The van der Waals surface area contributed by atoms with Gasteiger partial charge in [-0.1, -0.05) is 24.3 Å². The van der Waals surface area contributed by atoms with Gasteiger partial charge in [0.2, 0.25) is 0 Å². The van der Waals surface area contributed by atoms with E-state index in [9.17, 15) is 23.1 Å². The molecule has 1 aliphatic heterocycles. The average molecular weight is 382 g/mol. The van der Waals surface area contributed by atoms with Crippen molar-refractivity contribution in [1.29, 1.82) is 0 Å². The van der Waals surface area contributed by atoms with Crippen molar-refractivity contribution in [2.45, 2.75) is 6.18 Å². The van der Waals surface area contributed by atoms with E-state index >= 15 is 0 Å². The Bertz CT molecular complexity index is 1090. The normalized spacial score (nSPS) is 15.2. The first-order valence-electron chi connectivity index (χ1n) is 8.33. The van der Waals surface area contributed by atoms with Crippen LogP contribution in [-0.2, 0) is 11.0 Å². The first-order chi connectivity index (χ1) is 13.3. The molecule has 1 heterocycles. The maximum Gasteiger partial charge on any atom is 0.416 e. The van der Waals surface area contributed by atoms with E-state index in [1.54, 1.807) is 36.4 Å². The lowest BCUT2D eigenvalue weighted by atomic mass is 10.1. The minimum Gasteiger partial charge on any atom is -0.508 e. The molecule has 0 aliphatic carbocycles. The Kier molecular flexibility index (Phi) is 4.15. The Morgan fingerprint density at radius 2 is 1.64 bits per heavy atom. The lowest BCUT2D eigenvalue weighted by molar-refractivity contribution is -0.137. The number of rotatable bonds is 2. The molecule has 3 aromatic rings. The zero-order chi connectivity index (χ0) is 19.9. The van der Waals surface area contributed by atoms with Crippen LogP contribution >= 0.6 is 0 Å². The van der Waals surface area contributed by atoms with Gasteiger partial charge in [-0.3, -0.25) is 9.69 Å². The summed E-state index contributed by atoms with van der Waals surface area (Å²) in [5.41, 5.74) is 0.562. The quantitative estimate of drug-likeness (QED) is 0.662. The van der Waals surface area contributed by atoms with Crippen LogP contribution in [0.5, 0.6) is 5.75 Å². The Morgan fingerprint density at radius 1 is 0.893 bits per heavy atom. The van der Waals surface area contributed by atoms with Crippen LogP contribution in [0.25, 0.3) is 0 Å². The molecule has 0 aromatic heterocycles. The summed E-state index contributed by atoms with van der Waals surface area (Å²) in [6.45, 7) is 0. The van der Waals surface area contributed by atoms with Gasteiger partial charge in [-0.15, -0.1) is 0 Å². The maximum atomic E-state index is 13.1. The molecule has 0 saturated heterocycles. The summed E-state index contributed by atoms with van der Waals surface area (Å²) < 4.78 is 38.9. The number of carbonyl (C=O) groups is 1. The molecule has 0 bridgehead atoms. The second-order valence-corrected chi connectivity index (χ2v) is 6.19. The molecule has 1 aliphatic rings. The minimum atomic E-state index is -4.51. The van der Waals surface area contributed by atoms with Crippen molar-refractivity contribution < 1.29 is 23.1 Å². The molecule has 0 radical (unpaired) electrons. The van der Waals surface area contributed by atoms with Crippen molar-refractivity contribution in [3.8, 4) is 5.75 Å². The second kappa shape index (κ2) is 6.53. The molecule has 7 heteroatoms. The number of nitrogens with zero attached hydrogens (tertiary/aromatic N) is 2. The monoisotopic (exact) mass is 382 g/mol. The molecular weight excluding hydrogens is 369 g/mol.